The van der Waals surface area contributed by atoms with Crippen LogP contribution >= 0.6 is 22.9 Å². The fraction of sp³-hybridized carbons (Fsp3) is 0.231. The van der Waals surface area contributed by atoms with Crippen molar-refractivity contribution in [3.05, 3.63) is 46.0 Å². The fourth-order valence-corrected chi connectivity index (χ4v) is 2.63. The van der Waals surface area contributed by atoms with Crippen LogP contribution in [0.2, 0.25) is 4.34 Å². The molecule has 90 valence electrons. The van der Waals surface area contributed by atoms with E-state index in [0.29, 0.717) is 12.1 Å². The summed E-state index contributed by atoms with van der Waals surface area (Å²) in [6, 6.07) is 8.98. The van der Waals surface area contributed by atoms with Gasteiger partial charge < -0.3 is 5.32 Å². The van der Waals surface area contributed by atoms with Crippen molar-refractivity contribution in [2.75, 3.05) is 6.54 Å². The lowest BCUT2D eigenvalue weighted by Crippen LogP contribution is -2.12. The van der Waals surface area contributed by atoms with Gasteiger partial charge in [-0.05, 0) is 36.4 Å². The molecular weight excluding hydrogens is 257 g/mol. The maximum Gasteiger partial charge on any atom is 0.127 e. The molecule has 0 bridgehead atoms. The summed E-state index contributed by atoms with van der Waals surface area (Å²) in [6.07, 6.45) is 0. The predicted octanol–water partition coefficient (Wildman–Crippen LogP) is 4.32. The largest absolute Gasteiger partial charge is 0.313 e. The third kappa shape index (κ3) is 3.06. The van der Waals surface area contributed by atoms with Crippen LogP contribution in [-0.4, -0.2) is 6.54 Å². The Labute approximate surface area is 109 Å². The molecule has 0 aliphatic rings. The summed E-state index contributed by atoms with van der Waals surface area (Å²) < 4.78 is 14.3. The van der Waals surface area contributed by atoms with Crippen LogP contribution in [0.4, 0.5) is 4.39 Å². The molecule has 4 heteroatoms. The summed E-state index contributed by atoms with van der Waals surface area (Å²) in [6.45, 7) is 3.38. The highest BCUT2D eigenvalue weighted by Crippen LogP contribution is 2.31. The Hall–Kier alpha value is -0.900. The molecule has 1 aromatic carbocycles. The van der Waals surface area contributed by atoms with Crippen LogP contribution in [0.3, 0.4) is 0 Å². The zero-order chi connectivity index (χ0) is 12.3. The van der Waals surface area contributed by atoms with E-state index in [9.17, 15) is 4.39 Å². The highest BCUT2D eigenvalue weighted by atomic mass is 35.5. The molecule has 0 unspecified atom stereocenters. The molecule has 0 amide bonds. The normalized spacial score (nSPS) is 10.8. The van der Waals surface area contributed by atoms with E-state index >= 15 is 0 Å². The first kappa shape index (κ1) is 12.6. The molecule has 0 atom stereocenters. The molecule has 1 heterocycles. The third-order valence-electron chi connectivity index (χ3n) is 2.47. The summed E-state index contributed by atoms with van der Waals surface area (Å²) in [5, 5.41) is 3.13. The van der Waals surface area contributed by atoms with Gasteiger partial charge in [-0.15, -0.1) is 11.3 Å². The Morgan fingerprint density at radius 3 is 2.76 bits per heavy atom. The van der Waals surface area contributed by atoms with E-state index in [0.717, 1.165) is 21.3 Å². The Morgan fingerprint density at radius 1 is 1.29 bits per heavy atom. The molecule has 0 saturated heterocycles. The molecule has 1 nitrogen and oxygen atoms in total. The van der Waals surface area contributed by atoms with Gasteiger partial charge in [-0.1, -0.05) is 24.6 Å². The number of thiophene rings is 1. The van der Waals surface area contributed by atoms with Crippen molar-refractivity contribution in [1.29, 1.82) is 0 Å². The average molecular weight is 270 g/mol. The summed E-state index contributed by atoms with van der Waals surface area (Å²) in [5.41, 5.74) is 1.70. The van der Waals surface area contributed by atoms with Gasteiger partial charge >= 0.3 is 0 Å². The van der Waals surface area contributed by atoms with Gasteiger partial charge in [-0.2, -0.15) is 0 Å². The van der Waals surface area contributed by atoms with Gasteiger partial charge in [0.25, 0.3) is 0 Å². The highest BCUT2D eigenvalue weighted by Gasteiger charge is 2.06. The van der Waals surface area contributed by atoms with Gasteiger partial charge in [-0.25, -0.2) is 4.39 Å². The van der Waals surface area contributed by atoms with Crippen molar-refractivity contribution in [3.63, 3.8) is 0 Å². The Kier molecular flexibility index (Phi) is 4.15. The molecule has 2 rings (SSSR count). The molecule has 0 saturated carbocycles. The molecule has 0 spiro atoms. The number of hydrogen-bond acceptors (Lipinski definition) is 2. The van der Waals surface area contributed by atoms with Crippen LogP contribution in [0.1, 0.15) is 12.5 Å². The van der Waals surface area contributed by atoms with Crippen LogP contribution in [0.5, 0.6) is 0 Å². The van der Waals surface area contributed by atoms with Crippen molar-refractivity contribution in [3.8, 4) is 10.4 Å². The van der Waals surface area contributed by atoms with E-state index in [1.165, 1.54) is 17.4 Å². The smallest absolute Gasteiger partial charge is 0.127 e. The standard InChI is InChI=1S/C13H13ClFNS/c1-2-16-8-10-7-9(3-4-11(10)15)12-5-6-13(14)17-12/h3-7,16H,2,8H2,1H3. The second kappa shape index (κ2) is 5.63. The van der Waals surface area contributed by atoms with Crippen LogP contribution < -0.4 is 5.32 Å². The van der Waals surface area contributed by atoms with Crippen molar-refractivity contribution < 1.29 is 4.39 Å². The minimum Gasteiger partial charge on any atom is -0.313 e. The van der Waals surface area contributed by atoms with Gasteiger partial charge in [0, 0.05) is 17.0 Å². The number of rotatable bonds is 4. The SMILES string of the molecule is CCNCc1cc(-c2ccc(Cl)s2)ccc1F. The lowest BCUT2D eigenvalue weighted by Gasteiger charge is -2.06. The lowest BCUT2D eigenvalue weighted by atomic mass is 10.1. The molecule has 1 aromatic heterocycles. The minimum absolute atomic E-state index is 0.169. The van der Waals surface area contributed by atoms with Gasteiger partial charge in [0.05, 0.1) is 4.34 Å². The first-order valence-electron chi connectivity index (χ1n) is 5.45. The fourth-order valence-electron chi connectivity index (χ4n) is 1.59. The predicted molar refractivity (Wildman–Crippen MR) is 72.1 cm³/mol. The summed E-state index contributed by atoms with van der Waals surface area (Å²) in [7, 11) is 0. The maximum atomic E-state index is 13.6. The summed E-state index contributed by atoms with van der Waals surface area (Å²) in [5.74, 6) is -0.169. The number of benzene rings is 1. The first-order valence-corrected chi connectivity index (χ1v) is 6.65. The van der Waals surface area contributed by atoms with E-state index in [-0.39, 0.29) is 5.82 Å². The summed E-state index contributed by atoms with van der Waals surface area (Å²) >= 11 is 7.40. The van der Waals surface area contributed by atoms with Crippen LogP contribution in [0.15, 0.2) is 30.3 Å². The molecule has 0 fully saturated rings. The van der Waals surface area contributed by atoms with Crippen molar-refractivity contribution in [2.24, 2.45) is 0 Å². The monoisotopic (exact) mass is 269 g/mol. The van der Waals surface area contributed by atoms with Gasteiger partial charge in [-0.3, -0.25) is 0 Å². The number of hydrogen-bond donors (Lipinski definition) is 1. The van der Waals surface area contributed by atoms with Crippen LogP contribution in [-0.2, 0) is 6.54 Å². The van der Waals surface area contributed by atoms with E-state index in [1.807, 2.05) is 25.1 Å². The van der Waals surface area contributed by atoms with Crippen molar-refractivity contribution >= 4 is 22.9 Å². The molecule has 17 heavy (non-hydrogen) atoms. The van der Waals surface area contributed by atoms with Gasteiger partial charge in [0.15, 0.2) is 0 Å². The number of halogens is 2. The Morgan fingerprint density at radius 2 is 2.12 bits per heavy atom. The zero-order valence-corrected chi connectivity index (χ0v) is 11.0. The molecule has 0 aliphatic heterocycles. The van der Waals surface area contributed by atoms with Gasteiger partial charge in [0.1, 0.15) is 5.82 Å². The minimum atomic E-state index is -0.169. The number of nitrogens with one attached hydrogen (secondary N) is 1. The highest BCUT2D eigenvalue weighted by molar-refractivity contribution is 7.19. The Bertz CT molecular complexity index is 510. The first-order chi connectivity index (χ1) is 8.20. The second-order valence-corrected chi connectivity index (χ2v) is 5.41. The second-order valence-electron chi connectivity index (χ2n) is 3.69. The van der Waals surface area contributed by atoms with E-state index in [1.54, 1.807) is 6.07 Å². The van der Waals surface area contributed by atoms with Gasteiger partial charge in [0.2, 0.25) is 0 Å². The molecule has 0 radical (unpaired) electrons. The summed E-state index contributed by atoms with van der Waals surface area (Å²) in [4.78, 5) is 1.06. The van der Waals surface area contributed by atoms with Crippen molar-refractivity contribution in [2.45, 2.75) is 13.5 Å². The lowest BCUT2D eigenvalue weighted by molar-refractivity contribution is 0.594. The van der Waals surface area contributed by atoms with E-state index in [2.05, 4.69) is 5.32 Å². The average Bonchev–Trinajstić information content (AvgIpc) is 2.75. The molecule has 2 aromatic rings. The molecule has 0 aliphatic carbocycles. The van der Waals surface area contributed by atoms with E-state index in [4.69, 9.17) is 11.6 Å². The molecular formula is C13H13ClFNS. The van der Waals surface area contributed by atoms with E-state index < -0.39 is 0 Å². The quantitative estimate of drug-likeness (QED) is 0.872. The molecule has 1 N–H and O–H groups in total. The zero-order valence-electron chi connectivity index (χ0n) is 9.47. The topological polar surface area (TPSA) is 12.0 Å². The maximum absolute atomic E-state index is 13.6. The van der Waals surface area contributed by atoms with Crippen LogP contribution in [0, 0.1) is 5.82 Å². The third-order valence-corrected chi connectivity index (χ3v) is 3.75. The Balaban J connectivity index is 2.30. The van der Waals surface area contributed by atoms with Crippen molar-refractivity contribution in [1.82, 2.24) is 5.32 Å². The van der Waals surface area contributed by atoms with Crippen LogP contribution in [0.25, 0.3) is 10.4 Å².